The zero-order valence-electron chi connectivity index (χ0n) is 73.2. The van der Waals surface area contributed by atoms with Crippen molar-refractivity contribution in [2.75, 3.05) is 24.6 Å². The van der Waals surface area contributed by atoms with Crippen LogP contribution in [0.2, 0.25) is 0 Å². The topological polar surface area (TPSA) is 678 Å². The number of aliphatic hydroxyl groups is 1. The van der Waals surface area contributed by atoms with Gasteiger partial charge in [-0.05, 0) is 117 Å². The smallest absolute Gasteiger partial charge is 0.305 e. The van der Waals surface area contributed by atoms with Crippen LogP contribution in [0, 0.1) is 11.8 Å². The van der Waals surface area contributed by atoms with Gasteiger partial charge in [-0.25, -0.2) is 4.98 Å². The summed E-state index contributed by atoms with van der Waals surface area (Å²) in [5.74, 6) is -22.7. The predicted molar refractivity (Wildman–Crippen MR) is 478 cm³/mol. The number of imidazole rings is 1. The number of rotatable bonds is 33. The standard InChI is InChI=1S/C86H115N21O22S2/c1-44(2)31-60-82(125)106-71(45(3)4)85(128)103-63(35-52-38-91-56-18-12-11-17-55(52)56)79(122)105-67(84(127)107-72(47(6)108)86(129)102-62(33-49-15-9-8-10-16-49)77(120)98-59(73(88)116)32-51-26-29-89-30-27-51)42-131-130-41-66(104-81(124)65(37-70(114)115)95-48(7)109)83(126)94-46(5)74(117)99-61(34-50-20-22-54(110)23-21-50)78(121)101-64(36-53-39-90-43-93-53)80(123)97-57(19-13-14-28-87)75(118)92-40-68(111)96-58(76(119)100-60)24-25-69(112)113/h8-12,15-18,20-23,26-27,29-30,38-39,43-47,57-67,71-72,91,108,110H,13-14,19,24-25,28,31-37,40-42,87H2,1-7H3,(H2,88,116)(H,90,93)(H,92,118)(H,94,126)(H,95,109)(H,96,111)(H,97,123)(H,98,120)(H,99,117)(H,100,119)(H,101,121)(H,102,129)(H,103,128)(H,104,124)(H,105,122)(H,106,125)(H,107,127)(H,112,113)(H,114,115)/t46-,47+,57-,58-,59?,60-,61-,62-,63-,64-,65-,66-,67-,71-,72-/m0/s1. The molecule has 708 valence electrons. The quantitative estimate of drug-likeness (QED) is 0.0143. The average molecular weight is 1860 g/mol. The van der Waals surface area contributed by atoms with Gasteiger partial charge in [0.25, 0.3) is 0 Å². The van der Waals surface area contributed by atoms with E-state index in [1.54, 1.807) is 86.8 Å². The third-order valence-corrected chi connectivity index (χ3v) is 23.1. The number of phenols is 1. The fraction of sp³-hybridized carbons (Fsp3) is 0.465. The van der Waals surface area contributed by atoms with Crippen LogP contribution in [-0.2, 0) is 118 Å². The minimum Gasteiger partial charge on any atom is -0.508 e. The molecule has 6 aromatic rings. The highest BCUT2D eigenvalue weighted by Gasteiger charge is 2.40. The Morgan fingerprint density at radius 3 is 1.76 bits per heavy atom. The number of carboxylic acids is 2. The molecule has 1 unspecified atom stereocenters. The third-order valence-electron chi connectivity index (χ3n) is 20.7. The van der Waals surface area contributed by atoms with Crippen LogP contribution in [0.4, 0.5) is 0 Å². The van der Waals surface area contributed by atoms with E-state index in [-0.39, 0.29) is 62.9 Å². The largest absolute Gasteiger partial charge is 0.508 e. The first-order chi connectivity index (χ1) is 62.2. The van der Waals surface area contributed by atoms with Crippen molar-refractivity contribution in [3.8, 4) is 5.75 Å². The SMILES string of the molecule is CC(=O)N[C@@H](CC(=O)O)C(=O)N[C@H]1CSSC[C@@H](C(=O)N[C@H](C(=O)N[C@@H](Cc2ccccc2)C(=O)NC(Cc2ccncc2)C(N)=O)[C@@H](C)O)NC(=O)[C@H](Cc2c[nH]c3ccccc23)NC(=O)[C@H](C(C)C)NC(=O)[C@H](CC(C)C)NC(=O)[C@H](CCC(=O)O)NC(=O)CNC(=O)[C@H](CCCCN)NC(=O)[C@H](Cc2cnc[nH]2)NC(=O)[C@H](Cc2ccc(O)cc2)NC(=O)[C@H](C)NC1=O. The van der Waals surface area contributed by atoms with Crippen molar-refractivity contribution in [2.45, 2.75) is 216 Å². The van der Waals surface area contributed by atoms with Crippen molar-refractivity contribution in [3.63, 3.8) is 0 Å². The van der Waals surface area contributed by atoms with Crippen LogP contribution in [0.25, 0.3) is 10.9 Å². The number of carbonyl (C=O) groups is 18. The molecule has 3 aromatic heterocycles. The van der Waals surface area contributed by atoms with Gasteiger partial charge in [-0.2, -0.15) is 0 Å². The highest BCUT2D eigenvalue weighted by atomic mass is 33.1. The van der Waals surface area contributed by atoms with Gasteiger partial charge >= 0.3 is 11.9 Å². The number of hydrogen-bond acceptors (Lipinski definition) is 25. The van der Waals surface area contributed by atoms with Crippen molar-refractivity contribution in [1.29, 1.82) is 0 Å². The fourth-order valence-electron chi connectivity index (χ4n) is 13.7. The molecule has 43 nitrogen and oxygen atoms in total. The molecule has 16 amide bonds. The monoisotopic (exact) mass is 1860 g/mol. The maximum absolute atomic E-state index is 15.6. The number of aliphatic carboxylic acids is 2. The normalized spacial score (nSPS) is 21.3. The Labute approximate surface area is 761 Å². The Hall–Kier alpha value is -13.6. The highest BCUT2D eigenvalue weighted by molar-refractivity contribution is 8.76. The zero-order chi connectivity index (χ0) is 96.1. The lowest BCUT2D eigenvalue weighted by molar-refractivity contribution is -0.141. The molecule has 1 aliphatic rings. The lowest BCUT2D eigenvalue weighted by Crippen LogP contribution is -2.63. The summed E-state index contributed by atoms with van der Waals surface area (Å²) >= 11 is 0. The van der Waals surface area contributed by atoms with Crippen molar-refractivity contribution in [3.05, 3.63) is 150 Å². The number of amides is 16. The molecule has 131 heavy (non-hydrogen) atoms. The number of nitrogens with zero attached hydrogens (tertiary/aromatic N) is 2. The van der Waals surface area contributed by atoms with E-state index in [4.69, 9.17) is 11.5 Å². The van der Waals surface area contributed by atoms with E-state index in [0.717, 1.165) is 13.8 Å². The first kappa shape index (κ1) is 104. The second kappa shape index (κ2) is 52.2. The van der Waals surface area contributed by atoms with E-state index in [1.807, 2.05) is 0 Å². The molecule has 7 rings (SSSR count). The molecule has 0 radical (unpaired) electrons. The molecular weight excluding hydrogens is 1740 g/mol. The summed E-state index contributed by atoms with van der Waals surface area (Å²) in [6.07, 6.45) is 1.65. The molecule has 25 N–H and O–H groups in total. The number of phenolic OH excluding ortho intramolecular Hbond substituents is 1. The highest BCUT2D eigenvalue weighted by Crippen LogP contribution is 2.26. The Bertz CT molecular complexity index is 4940. The zero-order valence-corrected chi connectivity index (χ0v) is 74.8. The number of aromatic hydroxyl groups is 1. The molecule has 0 bridgehead atoms. The Morgan fingerprint density at radius 1 is 0.542 bits per heavy atom. The number of aromatic amines is 2. The van der Waals surface area contributed by atoms with E-state index in [2.05, 4.69) is 99.7 Å². The Balaban J connectivity index is 1.34. The number of fused-ring (bicyclic) bond motifs is 1. The number of benzene rings is 3. The minimum atomic E-state index is -2.02. The van der Waals surface area contributed by atoms with Gasteiger partial charge in [0.2, 0.25) is 94.5 Å². The van der Waals surface area contributed by atoms with Crippen molar-refractivity contribution in [2.24, 2.45) is 23.3 Å². The number of aromatic nitrogens is 4. The summed E-state index contributed by atoms with van der Waals surface area (Å²) in [7, 11) is 1.40. The summed E-state index contributed by atoms with van der Waals surface area (Å²) in [5.41, 5.74) is 14.2. The molecule has 0 saturated carbocycles. The average Bonchev–Trinajstić information content (AvgIpc) is 1.78. The van der Waals surface area contributed by atoms with Crippen LogP contribution in [0.1, 0.15) is 121 Å². The second-order valence-corrected chi connectivity index (χ2v) is 34.8. The Morgan fingerprint density at radius 2 is 1.13 bits per heavy atom. The van der Waals surface area contributed by atoms with Gasteiger partial charge in [0, 0.05) is 98.3 Å². The van der Waals surface area contributed by atoms with E-state index in [1.165, 1.54) is 70.0 Å². The maximum Gasteiger partial charge on any atom is 0.305 e. The number of carboxylic acid groups (broad SMARTS) is 2. The number of pyridine rings is 1. The molecule has 0 spiro atoms. The van der Waals surface area contributed by atoms with Gasteiger partial charge in [0.1, 0.15) is 90.3 Å². The lowest BCUT2D eigenvalue weighted by Gasteiger charge is -2.30. The molecule has 45 heteroatoms. The molecular formula is C86H115N21O22S2. The minimum absolute atomic E-state index is 0.111. The summed E-state index contributed by atoms with van der Waals surface area (Å²) in [5, 5.41) is 80.0. The number of primary amides is 1. The van der Waals surface area contributed by atoms with Crippen LogP contribution in [0.5, 0.6) is 5.75 Å². The molecule has 0 aliphatic carbocycles. The number of aliphatic hydroxyl groups excluding tert-OH is 1. The van der Waals surface area contributed by atoms with E-state index >= 15 is 14.4 Å². The van der Waals surface area contributed by atoms with E-state index < -0.39 is 253 Å². The van der Waals surface area contributed by atoms with Crippen LogP contribution >= 0.6 is 21.6 Å². The molecule has 1 aliphatic heterocycles. The number of carbonyl (C=O) groups excluding carboxylic acids is 16. The first-order valence-electron chi connectivity index (χ1n) is 42.3. The predicted octanol–water partition coefficient (Wildman–Crippen LogP) is -3.12. The number of H-pyrrole nitrogens is 2. The molecule has 1 saturated heterocycles. The third kappa shape index (κ3) is 34.8. The number of unbranched alkanes of at least 4 members (excludes halogenated alkanes) is 1. The lowest BCUT2D eigenvalue weighted by atomic mass is 9.98. The van der Waals surface area contributed by atoms with Gasteiger partial charge in [-0.15, -0.1) is 0 Å². The van der Waals surface area contributed by atoms with Gasteiger partial charge < -0.3 is 122 Å². The maximum atomic E-state index is 15.6. The van der Waals surface area contributed by atoms with Crippen LogP contribution in [0.15, 0.2) is 122 Å². The summed E-state index contributed by atoms with van der Waals surface area (Å²) in [6.45, 7) is 8.94. The fourth-order valence-corrected chi connectivity index (χ4v) is 16.0. The van der Waals surface area contributed by atoms with Gasteiger partial charge in [0.05, 0.1) is 25.4 Å². The van der Waals surface area contributed by atoms with Crippen molar-refractivity contribution < 1.29 is 107 Å². The summed E-state index contributed by atoms with van der Waals surface area (Å²) in [4.78, 5) is 271. The van der Waals surface area contributed by atoms with Crippen molar-refractivity contribution in [1.82, 2.24) is 99.7 Å². The van der Waals surface area contributed by atoms with E-state index in [9.17, 15) is 92.3 Å². The van der Waals surface area contributed by atoms with Crippen LogP contribution in [-0.4, -0.2) is 262 Å². The van der Waals surface area contributed by atoms with Gasteiger partial charge in [-0.3, -0.25) is 91.3 Å². The number of hydrogen-bond donors (Lipinski definition) is 23. The number of nitrogens with two attached hydrogens (primary N) is 2. The van der Waals surface area contributed by atoms with Crippen LogP contribution < -0.4 is 91.2 Å². The molecule has 1 fully saturated rings. The molecule has 4 heterocycles. The van der Waals surface area contributed by atoms with Crippen molar-refractivity contribution >= 4 is 139 Å². The van der Waals surface area contributed by atoms with Crippen LogP contribution in [0.3, 0.4) is 0 Å². The summed E-state index contributed by atoms with van der Waals surface area (Å²) in [6, 6.07) is -0.0516. The molecule has 3 aromatic carbocycles. The number of nitrogens with one attached hydrogen (secondary N) is 17. The Kier molecular flexibility index (Phi) is 41.6. The first-order valence-corrected chi connectivity index (χ1v) is 44.8. The summed E-state index contributed by atoms with van der Waals surface area (Å²) < 4.78 is 0. The van der Waals surface area contributed by atoms with Gasteiger partial charge in [-0.1, -0.05) is 110 Å². The van der Waals surface area contributed by atoms with E-state index in [0.29, 0.717) is 61.2 Å². The molecule has 15 atom stereocenters. The second-order valence-electron chi connectivity index (χ2n) is 32.2. The number of para-hydroxylation sites is 1. The van der Waals surface area contributed by atoms with Gasteiger partial charge in [0.15, 0.2) is 0 Å².